The molecule has 1 saturated heterocycles. The molecule has 1 aliphatic rings. The Morgan fingerprint density at radius 2 is 1.74 bits per heavy atom. The fraction of sp³-hybridized carbons (Fsp3) is 0.529. The molecule has 1 fully saturated rings. The van der Waals surface area contributed by atoms with E-state index in [1.54, 1.807) is 6.92 Å². The third kappa shape index (κ3) is 4.38. The Bertz CT molecular complexity index is 433. The molecule has 1 aromatic carbocycles. The van der Waals surface area contributed by atoms with Gasteiger partial charge in [0.1, 0.15) is 5.60 Å². The van der Waals surface area contributed by atoms with E-state index in [-0.39, 0.29) is 0 Å². The zero-order chi connectivity index (χ0) is 13.6. The molecule has 0 aromatic heterocycles. The summed E-state index contributed by atoms with van der Waals surface area (Å²) in [6, 6.07) is 9.64. The molecule has 1 atom stereocenters. The van der Waals surface area contributed by atoms with Gasteiger partial charge in [0.05, 0.1) is 6.54 Å². The highest BCUT2D eigenvalue weighted by Gasteiger charge is 2.19. The van der Waals surface area contributed by atoms with E-state index < -0.39 is 5.60 Å². The van der Waals surface area contributed by atoms with Gasteiger partial charge in [0.2, 0.25) is 0 Å². The van der Waals surface area contributed by atoms with Crippen LogP contribution in [0.5, 0.6) is 0 Å². The molecular weight excluding hydrogens is 234 g/mol. The second kappa shape index (κ2) is 6.75. The summed E-state index contributed by atoms with van der Waals surface area (Å²) in [6.45, 7) is 4.81. The minimum atomic E-state index is -1.05. The highest BCUT2D eigenvalue weighted by molar-refractivity contribution is 5.30. The Hall–Kier alpha value is -1.30. The molecule has 0 saturated carbocycles. The Labute approximate surface area is 116 Å². The number of hydrogen-bond acceptors (Lipinski definition) is 2. The van der Waals surface area contributed by atoms with Gasteiger partial charge in [-0.25, -0.2) is 0 Å². The second-order valence-corrected chi connectivity index (χ2v) is 5.43. The van der Waals surface area contributed by atoms with Crippen molar-refractivity contribution in [3.05, 3.63) is 35.9 Å². The van der Waals surface area contributed by atoms with Crippen molar-refractivity contribution in [2.75, 3.05) is 19.6 Å². The van der Waals surface area contributed by atoms with Crippen LogP contribution in [-0.4, -0.2) is 29.6 Å². The normalized spacial score (nSPS) is 19.9. The quantitative estimate of drug-likeness (QED) is 0.824. The van der Waals surface area contributed by atoms with Gasteiger partial charge in [0, 0.05) is 0 Å². The molecule has 2 heteroatoms. The van der Waals surface area contributed by atoms with Gasteiger partial charge in [-0.1, -0.05) is 55.0 Å². The fourth-order valence-electron chi connectivity index (χ4n) is 2.45. The third-order valence-corrected chi connectivity index (χ3v) is 3.67. The van der Waals surface area contributed by atoms with Crippen molar-refractivity contribution in [1.82, 2.24) is 4.90 Å². The van der Waals surface area contributed by atoms with Crippen LogP contribution in [0.3, 0.4) is 0 Å². The molecule has 0 radical (unpaired) electrons. The van der Waals surface area contributed by atoms with Crippen molar-refractivity contribution in [1.29, 1.82) is 0 Å². The summed E-state index contributed by atoms with van der Waals surface area (Å²) in [5.74, 6) is 6.15. The van der Waals surface area contributed by atoms with Crippen molar-refractivity contribution >= 4 is 0 Å². The first kappa shape index (κ1) is 14.1. The van der Waals surface area contributed by atoms with Crippen LogP contribution >= 0.6 is 0 Å². The summed E-state index contributed by atoms with van der Waals surface area (Å²) in [5.41, 5.74) is -0.189. The first-order valence-corrected chi connectivity index (χ1v) is 7.19. The summed E-state index contributed by atoms with van der Waals surface area (Å²) < 4.78 is 0. The third-order valence-electron chi connectivity index (χ3n) is 3.67. The van der Waals surface area contributed by atoms with Crippen molar-refractivity contribution in [2.24, 2.45) is 0 Å². The van der Waals surface area contributed by atoms with Gasteiger partial charge in [-0.15, -0.1) is 0 Å². The van der Waals surface area contributed by atoms with E-state index in [2.05, 4.69) is 16.7 Å². The molecular formula is C17H23NO. The number of hydrogen-bond donors (Lipinski definition) is 1. The van der Waals surface area contributed by atoms with Crippen LogP contribution in [0, 0.1) is 11.8 Å². The average molecular weight is 257 g/mol. The Morgan fingerprint density at radius 1 is 1.11 bits per heavy atom. The monoisotopic (exact) mass is 257 g/mol. The molecule has 2 nitrogen and oxygen atoms in total. The number of nitrogens with zero attached hydrogens (tertiary/aromatic N) is 1. The summed E-state index contributed by atoms with van der Waals surface area (Å²) in [6.07, 6.45) is 5.23. The predicted octanol–water partition coefficient (Wildman–Crippen LogP) is 2.77. The van der Waals surface area contributed by atoms with E-state index in [9.17, 15) is 5.11 Å². The predicted molar refractivity (Wildman–Crippen MR) is 78.7 cm³/mol. The lowest BCUT2D eigenvalue weighted by Gasteiger charge is -2.18. The zero-order valence-electron chi connectivity index (χ0n) is 11.7. The van der Waals surface area contributed by atoms with E-state index in [0.29, 0.717) is 0 Å². The van der Waals surface area contributed by atoms with Crippen LogP contribution < -0.4 is 0 Å². The molecule has 1 heterocycles. The fourth-order valence-corrected chi connectivity index (χ4v) is 2.45. The lowest BCUT2D eigenvalue weighted by molar-refractivity contribution is 0.122. The minimum absolute atomic E-state index is 0.767. The molecule has 0 unspecified atom stereocenters. The van der Waals surface area contributed by atoms with E-state index >= 15 is 0 Å². The molecule has 1 N–H and O–H groups in total. The summed E-state index contributed by atoms with van der Waals surface area (Å²) in [5, 5.41) is 10.4. The Kier molecular flexibility index (Phi) is 5.01. The maximum absolute atomic E-state index is 10.4. The highest BCUT2D eigenvalue weighted by Crippen LogP contribution is 2.18. The topological polar surface area (TPSA) is 23.5 Å². The molecule has 1 aliphatic heterocycles. The molecule has 102 valence electrons. The summed E-state index contributed by atoms with van der Waals surface area (Å²) in [4.78, 5) is 2.39. The highest BCUT2D eigenvalue weighted by atomic mass is 16.3. The Balaban J connectivity index is 1.95. The molecule has 1 aromatic rings. The van der Waals surface area contributed by atoms with Gasteiger partial charge in [0.25, 0.3) is 0 Å². The molecule has 2 rings (SSSR count). The number of rotatable bonds is 2. The minimum Gasteiger partial charge on any atom is -0.374 e. The SMILES string of the molecule is C[C@@](O)(C#CCN1CCCCCC1)c1ccccc1. The van der Waals surface area contributed by atoms with Gasteiger partial charge in [-0.3, -0.25) is 4.90 Å². The van der Waals surface area contributed by atoms with Gasteiger partial charge in [-0.2, -0.15) is 0 Å². The van der Waals surface area contributed by atoms with Crippen molar-refractivity contribution in [2.45, 2.75) is 38.2 Å². The van der Waals surface area contributed by atoms with Crippen molar-refractivity contribution < 1.29 is 5.11 Å². The van der Waals surface area contributed by atoms with E-state index in [0.717, 1.165) is 25.2 Å². The van der Waals surface area contributed by atoms with Crippen molar-refractivity contribution in [3.8, 4) is 11.8 Å². The molecule has 0 amide bonds. The number of aliphatic hydroxyl groups is 1. The van der Waals surface area contributed by atoms with E-state index in [4.69, 9.17) is 0 Å². The van der Waals surface area contributed by atoms with Crippen LogP contribution in [0.4, 0.5) is 0 Å². The largest absolute Gasteiger partial charge is 0.374 e. The maximum Gasteiger partial charge on any atom is 0.148 e. The van der Waals surface area contributed by atoms with Gasteiger partial charge < -0.3 is 5.11 Å². The lowest BCUT2D eigenvalue weighted by atomic mass is 9.97. The molecule has 0 aliphatic carbocycles. The average Bonchev–Trinajstić information content (AvgIpc) is 2.68. The smallest absolute Gasteiger partial charge is 0.148 e. The molecule has 19 heavy (non-hydrogen) atoms. The standard InChI is InChI=1S/C17H23NO/c1-17(19,16-10-5-4-6-11-16)12-9-15-18-13-7-2-3-8-14-18/h4-6,10-11,19H,2-3,7-8,13-15H2,1H3/t17-/m1/s1. The second-order valence-electron chi connectivity index (χ2n) is 5.43. The van der Waals surface area contributed by atoms with Crippen LogP contribution in [0.25, 0.3) is 0 Å². The van der Waals surface area contributed by atoms with E-state index in [1.807, 2.05) is 30.3 Å². The zero-order valence-corrected chi connectivity index (χ0v) is 11.7. The van der Waals surface area contributed by atoms with E-state index in [1.165, 1.54) is 25.7 Å². The van der Waals surface area contributed by atoms with Crippen molar-refractivity contribution in [3.63, 3.8) is 0 Å². The maximum atomic E-state index is 10.4. The number of likely N-dealkylation sites (tertiary alicyclic amines) is 1. The van der Waals surface area contributed by atoms with Gasteiger partial charge in [-0.05, 0) is 38.4 Å². The molecule has 0 bridgehead atoms. The van der Waals surface area contributed by atoms with Crippen LogP contribution in [0.2, 0.25) is 0 Å². The first-order chi connectivity index (χ1) is 9.18. The molecule has 0 spiro atoms. The van der Waals surface area contributed by atoms with Gasteiger partial charge in [0.15, 0.2) is 0 Å². The lowest BCUT2D eigenvalue weighted by Crippen LogP contribution is -2.25. The summed E-state index contributed by atoms with van der Waals surface area (Å²) >= 11 is 0. The Morgan fingerprint density at radius 3 is 2.37 bits per heavy atom. The van der Waals surface area contributed by atoms with Crippen LogP contribution in [0.15, 0.2) is 30.3 Å². The summed E-state index contributed by atoms with van der Waals surface area (Å²) in [7, 11) is 0. The number of benzene rings is 1. The van der Waals surface area contributed by atoms with Crippen LogP contribution in [0.1, 0.15) is 38.2 Å². The van der Waals surface area contributed by atoms with Gasteiger partial charge >= 0.3 is 0 Å². The van der Waals surface area contributed by atoms with Crippen LogP contribution in [-0.2, 0) is 5.60 Å². The first-order valence-electron chi connectivity index (χ1n) is 7.19.